The number of carbonyl (C=O) groups is 1. The SMILES string of the molecule is CSC1(C#N)CCN(C(=O)c2c[nH]c(C)cc2=O)CC1. The molecule has 1 fully saturated rings. The molecule has 1 amide bonds. The van der Waals surface area contributed by atoms with Gasteiger partial charge in [-0.3, -0.25) is 9.59 Å². The number of hydrogen-bond acceptors (Lipinski definition) is 4. The van der Waals surface area contributed by atoms with Crippen LogP contribution in [-0.2, 0) is 0 Å². The Morgan fingerprint density at radius 3 is 2.65 bits per heavy atom. The van der Waals surface area contributed by atoms with Gasteiger partial charge in [-0.05, 0) is 26.0 Å². The fourth-order valence-electron chi connectivity index (χ4n) is 2.34. The number of aromatic nitrogens is 1. The lowest BCUT2D eigenvalue weighted by molar-refractivity contribution is 0.0715. The summed E-state index contributed by atoms with van der Waals surface area (Å²) < 4.78 is -0.392. The quantitative estimate of drug-likeness (QED) is 0.896. The Morgan fingerprint density at radius 2 is 2.15 bits per heavy atom. The first-order chi connectivity index (χ1) is 9.51. The third-order valence-electron chi connectivity index (χ3n) is 3.74. The highest BCUT2D eigenvalue weighted by molar-refractivity contribution is 8.00. The molecule has 0 spiro atoms. The van der Waals surface area contributed by atoms with E-state index >= 15 is 0 Å². The van der Waals surface area contributed by atoms with Crippen molar-refractivity contribution in [2.45, 2.75) is 24.5 Å². The highest BCUT2D eigenvalue weighted by Gasteiger charge is 2.35. The van der Waals surface area contributed by atoms with Crippen LogP contribution in [0.5, 0.6) is 0 Å². The van der Waals surface area contributed by atoms with Gasteiger partial charge in [-0.25, -0.2) is 0 Å². The molecule has 20 heavy (non-hydrogen) atoms. The van der Waals surface area contributed by atoms with Crippen molar-refractivity contribution in [2.24, 2.45) is 0 Å². The Morgan fingerprint density at radius 1 is 1.50 bits per heavy atom. The van der Waals surface area contributed by atoms with Crippen LogP contribution in [0.15, 0.2) is 17.1 Å². The number of likely N-dealkylation sites (tertiary alicyclic amines) is 1. The Kier molecular flexibility index (Phi) is 4.19. The lowest BCUT2D eigenvalue weighted by Crippen LogP contribution is -2.45. The summed E-state index contributed by atoms with van der Waals surface area (Å²) in [5.41, 5.74) is 0.647. The molecule has 0 bridgehead atoms. The van der Waals surface area contributed by atoms with Gasteiger partial charge in [0.1, 0.15) is 10.3 Å². The number of nitrogens with zero attached hydrogens (tertiary/aromatic N) is 2. The topological polar surface area (TPSA) is 77.0 Å². The molecule has 0 atom stereocenters. The zero-order valence-electron chi connectivity index (χ0n) is 11.6. The van der Waals surface area contributed by atoms with Gasteiger partial charge in [-0.2, -0.15) is 5.26 Å². The van der Waals surface area contributed by atoms with Gasteiger partial charge in [0.2, 0.25) is 0 Å². The Bertz CT molecular complexity index is 610. The number of nitrogens with one attached hydrogen (secondary N) is 1. The molecule has 0 unspecified atom stereocenters. The van der Waals surface area contributed by atoms with E-state index in [1.54, 1.807) is 23.6 Å². The molecule has 1 saturated heterocycles. The molecule has 0 aromatic carbocycles. The van der Waals surface area contributed by atoms with Crippen molar-refractivity contribution in [2.75, 3.05) is 19.3 Å². The predicted octanol–water partition coefficient (Wildman–Crippen LogP) is 1.54. The molecule has 0 radical (unpaired) electrons. The van der Waals surface area contributed by atoms with Crippen LogP contribution in [0.25, 0.3) is 0 Å². The lowest BCUT2D eigenvalue weighted by atomic mass is 9.97. The van der Waals surface area contributed by atoms with Crippen molar-refractivity contribution in [3.63, 3.8) is 0 Å². The van der Waals surface area contributed by atoms with Gasteiger partial charge in [0, 0.05) is 31.0 Å². The minimum Gasteiger partial charge on any atom is -0.364 e. The van der Waals surface area contributed by atoms with Crippen LogP contribution < -0.4 is 5.43 Å². The van der Waals surface area contributed by atoms with Crippen LogP contribution >= 0.6 is 11.8 Å². The third kappa shape index (κ3) is 2.73. The number of carbonyl (C=O) groups excluding carboxylic acids is 1. The molecule has 0 aliphatic carbocycles. The molecule has 5 nitrogen and oxygen atoms in total. The van der Waals surface area contributed by atoms with Gasteiger partial charge in [0.25, 0.3) is 5.91 Å². The fraction of sp³-hybridized carbons (Fsp3) is 0.500. The van der Waals surface area contributed by atoms with Gasteiger partial charge in [-0.15, -0.1) is 11.8 Å². The molecule has 2 heterocycles. The maximum atomic E-state index is 12.3. The number of nitriles is 1. The summed E-state index contributed by atoms with van der Waals surface area (Å²) in [6.45, 7) is 2.80. The molecule has 2 rings (SSSR count). The average molecular weight is 291 g/mol. The molecule has 1 aromatic heterocycles. The van der Waals surface area contributed by atoms with E-state index in [2.05, 4.69) is 11.1 Å². The zero-order valence-corrected chi connectivity index (χ0v) is 12.4. The summed E-state index contributed by atoms with van der Waals surface area (Å²) in [6.07, 6.45) is 4.67. The van der Waals surface area contributed by atoms with Gasteiger partial charge < -0.3 is 9.88 Å². The monoisotopic (exact) mass is 291 g/mol. The predicted molar refractivity (Wildman–Crippen MR) is 78.8 cm³/mol. The number of piperidine rings is 1. The number of pyridine rings is 1. The van der Waals surface area contributed by atoms with Gasteiger partial charge in [-0.1, -0.05) is 0 Å². The minimum atomic E-state index is -0.392. The first-order valence-electron chi connectivity index (χ1n) is 6.46. The molecule has 106 valence electrons. The molecule has 1 aliphatic rings. The molecule has 1 aromatic rings. The summed E-state index contributed by atoms with van der Waals surface area (Å²) in [6, 6.07) is 3.77. The van der Waals surface area contributed by atoms with Gasteiger partial charge in [0.05, 0.1) is 6.07 Å². The van der Waals surface area contributed by atoms with E-state index in [1.807, 2.05) is 6.26 Å². The molecular formula is C14H17N3O2S. The summed E-state index contributed by atoms with van der Waals surface area (Å²) in [4.78, 5) is 28.7. The molecule has 1 N–H and O–H groups in total. The Balaban J connectivity index is 2.13. The summed E-state index contributed by atoms with van der Waals surface area (Å²) in [7, 11) is 0. The van der Waals surface area contributed by atoms with Crippen molar-refractivity contribution >= 4 is 17.7 Å². The van der Waals surface area contributed by atoms with Crippen LogP contribution in [0.2, 0.25) is 0 Å². The molecule has 0 saturated carbocycles. The van der Waals surface area contributed by atoms with E-state index in [0.717, 1.165) is 5.69 Å². The van der Waals surface area contributed by atoms with E-state index in [4.69, 9.17) is 0 Å². The summed E-state index contributed by atoms with van der Waals surface area (Å²) in [5, 5.41) is 9.23. The second-order valence-electron chi connectivity index (χ2n) is 5.00. The average Bonchev–Trinajstić information content (AvgIpc) is 2.47. The number of aromatic amines is 1. The normalized spacial score (nSPS) is 17.6. The zero-order chi connectivity index (χ0) is 14.8. The standard InChI is InChI=1S/C14H17N3O2S/c1-10-7-12(18)11(8-16-10)13(19)17-5-3-14(9-15,20-2)4-6-17/h7-8H,3-6H2,1-2H3,(H,16,18). The van der Waals surface area contributed by atoms with E-state index in [-0.39, 0.29) is 16.9 Å². The fourth-order valence-corrected chi connectivity index (χ4v) is 3.03. The van der Waals surface area contributed by atoms with Crippen LogP contribution in [0, 0.1) is 18.3 Å². The van der Waals surface area contributed by atoms with Gasteiger partial charge >= 0.3 is 0 Å². The summed E-state index contributed by atoms with van der Waals surface area (Å²) >= 11 is 1.54. The highest BCUT2D eigenvalue weighted by Crippen LogP contribution is 2.33. The summed E-state index contributed by atoms with van der Waals surface area (Å²) in [5.74, 6) is -0.251. The maximum Gasteiger partial charge on any atom is 0.259 e. The van der Waals surface area contributed by atoms with E-state index in [0.29, 0.717) is 25.9 Å². The second-order valence-corrected chi connectivity index (χ2v) is 6.19. The van der Waals surface area contributed by atoms with Crippen molar-refractivity contribution in [1.29, 1.82) is 5.26 Å². The van der Waals surface area contributed by atoms with Crippen LogP contribution in [0.1, 0.15) is 28.9 Å². The molecule has 1 aliphatic heterocycles. The van der Waals surface area contributed by atoms with Crippen molar-refractivity contribution in [1.82, 2.24) is 9.88 Å². The Labute approximate surface area is 122 Å². The van der Waals surface area contributed by atoms with E-state index in [1.165, 1.54) is 12.3 Å². The van der Waals surface area contributed by atoms with Crippen LogP contribution in [0.4, 0.5) is 0 Å². The second kappa shape index (κ2) is 5.71. The van der Waals surface area contributed by atoms with Crippen LogP contribution in [-0.4, -0.2) is 39.9 Å². The molecular weight excluding hydrogens is 274 g/mol. The van der Waals surface area contributed by atoms with E-state index in [9.17, 15) is 14.9 Å². The highest BCUT2D eigenvalue weighted by atomic mass is 32.2. The van der Waals surface area contributed by atoms with Crippen molar-refractivity contribution < 1.29 is 4.79 Å². The Hall–Kier alpha value is -1.74. The first-order valence-corrected chi connectivity index (χ1v) is 7.69. The molecule has 6 heteroatoms. The third-order valence-corrected chi connectivity index (χ3v) is 5.02. The number of rotatable bonds is 2. The number of H-pyrrole nitrogens is 1. The van der Waals surface area contributed by atoms with E-state index < -0.39 is 4.75 Å². The van der Waals surface area contributed by atoms with Crippen molar-refractivity contribution in [3.8, 4) is 6.07 Å². The number of aryl methyl sites for hydroxylation is 1. The number of thioether (sulfide) groups is 1. The first kappa shape index (κ1) is 14.7. The van der Waals surface area contributed by atoms with Crippen molar-refractivity contribution in [3.05, 3.63) is 33.7 Å². The smallest absolute Gasteiger partial charge is 0.259 e. The minimum absolute atomic E-state index is 0.171. The lowest BCUT2D eigenvalue weighted by Gasteiger charge is -2.36. The number of amides is 1. The largest absolute Gasteiger partial charge is 0.364 e. The maximum absolute atomic E-state index is 12.3. The van der Waals surface area contributed by atoms with Gasteiger partial charge in [0.15, 0.2) is 5.43 Å². The van der Waals surface area contributed by atoms with Crippen LogP contribution in [0.3, 0.4) is 0 Å². The number of hydrogen-bond donors (Lipinski definition) is 1.